The summed E-state index contributed by atoms with van der Waals surface area (Å²) < 4.78 is 13.5. The third kappa shape index (κ3) is 3.88. The average molecular weight is 410 g/mol. The summed E-state index contributed by atoms with van der Waals surface area (Å²) in [7, 11) is 1.66. The molecule has 0 spiro atoms. The van der Waals surface area contributed by atoms with Gasteiger partial charge in [-0.1, -0.05) is 66.7 Å². The Morgan fingerprint density at radius 3 is 2.48 bits per heavy atom. The Balaban J connectivity index is 1.46. The van der Waals surface area contributed by atoms with Gasteiger partial charge in [-0.2, -0.15) is 10.1 Å². The molecule has 1 atom stereocenters. The van der Waals surface area contributed by atoms with E-state index in [2.05, 4.69) is 33.6 Å². The molecule has 0 bridgehead atoms. The van der Waals surface area contributed by atoms with E-state index < -0.39 is 0 Å². The highest BCUT2D eigenvalue weighted by molar-refractivity contribution is 5.77. The number of anilines is 1. The number of fused-ring (bicyclic) bond motifs is 1. The zero-order chi connectivity index (χ0) is 21.0. The van der Waals surface area contributed by atoms with Crippen LogP contribution >= 0.6 is 0 Å². The largest absolute Gasteiger partial charge is 0.493 e. The molecule has 3 aromatic carbocycles. The summed E-state index contributed by atoms with van der Waals surface area (Å²) in [5, 5.41) is 7.79. The maximum atomic E-state index is 6.01. The Bertz CT molecular complexity index is 1200. The summed E-state index contributed by atoms with van der Waals surface area (Å²) >= 11 is 0. The number of rotatable bonds is 6. The molecule has 0 fully saturated rings. The molecule has 6 heteroatoms. The van der Waals surface area contributed by atoms with Crippen LogP contribution in [0.5, 0.6) is 11.5 Å². The SMILES string of the molecule is COc1cc([C@@H]2C=C(c3ccccc3)Nc3ncnn32)ccc1OCc1ccccc1. The van der Waals surface area contributed by atoms with Gasteiger partial charge in [0.1, 0.15) is 19.0 Å². The Labute approximate surface area is 180 Å². The van der Waals surface area contributed by atoms with Crippen LogP contribution in [0.2, 0.25) is 0 Å². The molecule has 5 rings (SSSR count). The fourth-order valence-corrected chi connectivity index (χ4v) is 3.68. The normalized spacial score (nSPS) is 14.9. The van der Waals surface area contributed by atoms with Crippen molar-refractivity contribution in [2.75, 3.05) is 12.4 Å². The van der Waals surface area contributed by atoms with Crippen LogP contribution in [0.25, 0.3) is 5.70 Å². The van der Waals surface area contributed by atoms with E-state index in [1.54, 1.807) is 13.4 Å². The number of aromatic nitrogens is 3. The van der Waals surface area contributed by atoms with Gasteiger partial charge in [0.05, 0.1) is 7.11 Å². The second-order valence-corrected chi connectivity index (χ2v) is 7.23. The molecule has 1 aliphatic rings. The molecule has 1 N–H and O–H groups in total. The molecular weight excluding hydrogens is 388 g/mol. The highest BCUT2D eigenvalue weighted by atomic mass is 16.5. The number of nitrogens with zero attached hydrogens (tertiary/aromatic N) is 3. The minimum Gasteiger partial charge on any atom is -0.493 e. The van der Waals surface area contributed by atoms with Crippen LogP contribution < -0.4 is 14.8 Å². The van der Waals surface area contributed by atoms with Crippen LogP contribution in [0.15, 0.2) is 91.3 Å². The van der Waals surface area contributed by atoms with E-state index in [9.17, 15) is 0 Å². The van der Waals surface area contributed by atoms with Gasteiger partial charge in [-0.15, -0.1) is 0 Å². The fourth-order valence-electron chi connectivity index (χ4n) is 3.68. The molecule has 4 aromatic rings. The molecule has 0 saturated heterocycles. The van der Waals surface area contributed by atoms with Gasteiger partial charge in [-0.05, 0) is 34.9 Å². The lowest BCUT2D eigenvalue weighted by atomic mass is 10.0. The standard InChI is InChI=1S/C25H22N4O2/c1-30-24-14-20(12-13-23(24)31-16-18-8-4-2-5-9-18)22-15-21(19-10-6-3-7-11-19)28-25-26-17-27-29(22)25/h2-15,17,22H,16H2,1H3,(H,26,27,28)/t22-/m0/s1. The van der Waals surface area contributed by atoms with Gasteiger partial charge < -0.3 is 14.8 Å². The second-order valence-electron chi connectivity index (χ2n) is 7.23. The van der Waals surface area contributed by atoms with E-state index in [-0.39, 0.29) is 6.04 Å². The lowest BCUT2D eigenvalue weighted by Gasteiger charge is -2.25. The first kappa shape index (κ1) is 18.9. The van der Waals surface area contributed by atoms with Crippen LogP contribution in [0.3, 0.4) is 0 Å². The highest BCUT2D eigenvalue weighted by Gasteiger charge is 2.24. The first-order valence-corrected chi connectivity index (χ1v) is 10.1. The zero-order valence-corrected chi connectivity index (χ0v) is 17.1. The van der Waals surface area contributed by atoms with Crippen molar-refractivity contribution < 1.29 is 9.47 Å². The van der Waals surface area contributed by atoms with Crippen molar-refractivity contribution in [2.45, 2.75) is 12.6 Å². The molecule has 0 saturated carbocycles. The van der Waals surface area contributed by atoms with E-state index in [1.807, 2.05) is 71.4 Å². The summed E-state index contributed by atoms with van der Waals surface area (Å²) in [5.41, 5.74) is 4.23. The summed E-state index contributed by atoms with van der Waals surface area (Å²) in [6.07, 6.45) is 3.71. The quantitative estimate of drug-likeness (QED) is 0.489. The fraction of sp³-hybridized carbons (Fsp3) is 0.120. The van der Waals surface area contributed by atoms with Crippen molar-refractivity contribution in [3.63, 3.8) is 0 Å². The first-order chi connectivity index (χ1) is 15.3. The van der Waals surface area contributed by atoms with Gasteiger partial charge in [0.15, 0.2) is 11.5 Å². The Kier molecular flexibility index (Phi) is 5.10. The number of hydrogen-bond acceptors (Lipinski definition) is 5. The lowest BCUT2D eigenvalue weighted by Crippen LogP contribution is -2.20. The maximum absolute atomic E-state index is 6.01. The molecule has 1 aromatic heterocycles. The predicted molar refractivity (Wildman–Crippen MR) is 120 cm³/mol. The van der Waals surface area contributed by atoms with Gasteiger partial charge in [0.25, 0.3) is 0 Å². The van der Waals surface area contributed by atoms with E-state index in [0.29, 0.717) is 24.1 Å². The monoisotopic (exact) mass is 410 g/mol. The number of hydrogen-bond donors (Lipinski definition) is 1. The maximum Gasteiger partial charge on any atom is 0.226 e. The predicted octanol–water partition coefficient (Wildman–Crippen LogP) is 4.92. The summed E-state index contributed by atoms with van der Waals surface area (Å²) in [6.45, 7) is 0.481. The molecule has 31 heavy (non-hydrogen) atoms. The lowest BCUT2D eigenvalue weighted by molar-refractivity contribution is 0.284. The van der Waals surface area contributed by atoms with Crippen molar-refractivity contribution >= 4 is 11.6 Å². The van der Waals surface area contributed by atoms with Crippen LogP contribution in [-0.4, -0.2) is 21.9 Å². The number of allylic oxidation sites excluding steroid dienone is 1. The van der Waals surface area contributed by atoms with Crippen molar-refractivity contribution in [2.24, 2.45) is 0 Å². The third-order valence-electron chi connectivity index (χ3n) is 5.26. The van der Waals surface area contributed by atoms with Gasteiger partial charge in [-0.25, -0.2) is 4.68 Å². The van der Waals surface area contributed by atoms with Crippen LogP contribution in [0, 0.1) is 0 Å². The first-order valence-electron chi connectivity index (χ1n) is 10.1. The number of benzene rings is 3. The van der Waals surface area contributed by atoms with E-state index in [4.69, 9.17) is 9.47 Å². The molecule has 0 amide bonds. The molecule has 1 aliphatic heterocycles. The van der Waals surface area contributed by atoms with Gasteiger partial charge in [0, 0.05) is 5.70 Å². The molecule has 0 aliphatic carbocycles. The van der Waals surface area contributed by atoms with Gasteiger partial charge >= 0.3 is 0 Å². The third-order valence-corrected chi connectivity index (χ3v) is 5.26. The van der Waals surface area contributed by atoms with E-state index in [0.717, 1.165) is 22.4 Å². The highest BCUT2D eigenvalue weighted by Crippen LogP contribution is 2.36. The van der Waals surface area contributed by atoms with Crippen LogP contribution in [0.1, 0.15) is 22.7 Å². The van der Waals surface area contributed by atoms with Gasteiger partial charge in [-0.3, -0.25) is 0 Å². The Morgan fingerprint density at radius 1 is 0.935 bits per heavy atom. The second kappa shape index (κ2) is 8.36. The molecule has 2 heterocycles. The summed E-state index contributed by atoms with van der Waals surface area (Å²) in [5.74, 6) is 2.09. The van der Waals surface area contributed by atoms with Crippen molar-refractivity contribution in [1.82, 2.24) is 14.8 Å². The summed E-state index contributed by atoms with van der Waals surface area (Å²) in [6, 6.07) is 26.1. The van der Waals surface area contributed by atoms with Crippen molar-refractivity contribution in [3.8, 4) is 11.5 Å². The molecular formula is C25H22N4O2. The zero-order valence-electron chi connectivity index (χ0n) is 17.1. The molecule has 0 unspecified atom stereocenters. The molecule has 0 radical (unpaired) electrons. The van der Waals surface area contributed by atoms with E-state index >= 15 is 0 Å². The van der Waals surface area contributed by atoms with Crippen LogP contribution in [-0.2, 0) is 6.61 Å². The topological polar surface area (TPSA) is 61.2 Å². The van der Waals surface area contributed by atoms with E-state index in [1.165, 1.54) is 0 Å². The number of ether oxygens (including phenoxy) is 2. The molecule has 6 nitrogen and oxygen atoms in total. The minimum atomic E-state index is -0.119. The van der Waals surface area contributed by atoms with Crippen molar-refractivity contribution in [3.05, 3.63) is 108 Å². The van der Waals surface area contributed by atoms with Crippen LogP contribution in [0.4, 0.5) is 5.95 Å². The van der Waals surface area contributed by atoms with Crippen molar-refractivity contribution in [1.29, 1.82) is 0 Å². The number of methoxy groups -OCH3 is 1. The smallest absolute Gasteiger partial charge is 0.226 e. The van der Waals surface area contributed by atoms with Gasteiger partial charge in [0.2, 0.25) is 5.95 Å². The average Bonchev–Trinajstić information content (AvgIpc) is 3.32. The Morgan fingerprint density at radius 2 is 1.71 bits per heavy atom. The Hall–Kier alpha value is -4.06. The minimum absolute atomic E-state index is 0.119. The number of nitrogens with one attached hydrogen (secondary N) is 1. The summed E-state index contributed by atoms with van der Waals surface area (Å²) in [4.78, 5) is 4.38. The molecule has 154 valence electrons.